The van der Waals surface area contributed by atoms with E-state index in [4.69, 9.17) is 4.74 Å². The van der Waals surface area contributed by atoms with Crippen molar-refractivity contribution in [2.24, 2.45) is 5.92 Å². The lowest BCUT2D eigenvalue weighted by Gasteiger charge is -2.13. The Kier molecular flexibility index (Phi) is 6.72. The Labute approximate surface area is 118 Å². The molecule has 7 nitrogen and oxygen atoms in total. The van der Waals surface area contributed by atoms with Crippen molar-refractivity contribution in [3.8, 4) is 0 Å². The highest BCUT2D eigenvalue weighted by Gasteiger charge is 2.16. The van der Waals surface area contributed by atoms with Crippen LogP contribution >= 0.6 is 0 Å². The monoisotopic (exact) mass is 282 g/mol. The first-order chi connectivity index (χ1) is 9.58. The summed E-state index contributed by atoms with van der Waals surface area (Å²) in [6.45, 7) is 5.99. The second-order valence-electron chi connectivity index (χ2n) is 4.69. The molecule has 0 saturated heterocycles. The van der Waals surface area contributed by atoms with Crippen LogP contribution in [0.2, 0.25) is 0 Å². The molecule has 7 heteroatoms. The maximum atomic E-state index is 11.0. The third-order valence-electron chi connectivity index (χ3n) is 2.70. The van der Waals surface area contributed by atoms with Crippen molar-refractivity contribution < 1.29 is 9.66 Å². The van der Waals surface area contributed by atoms with E-state index in [1.807, 2.05) is 13.8 Å². The summed E-state index contributed by atoms with van der Waals surface area (Å²) in [5.74, 6) is 1.17. The zero-order valence-electron chi connectivity index (χ0n) is 12.2. The minimum Gasteiger partial charge on any atom is -0.384 e. The molecule has 1 rings (SSSR count). The average molecular weight is 282 g/mol. The zero-order valence-corrected chi connectivity index (χ0v) is 12.2. The van der Waals surface area contributed by atoms with Gasteiger partial charge in [0.1, 0.15) is 5.82 Å². The molecule has 0 saturated carbocycles. The highest BCUT2D eigenvalue weighted by Crippen LogP contribution is 2.24. The molecule has 0 fully saturated rings. The molecule has 1 aromatic heterocycles. The van der Waals surface area contributed by atoms with Crippen LogP contribution in [0.3, 0.4) is 0 Å². The summed E-state index contributed by atoms with van der Waals surface area (Å²) in [7, 11) is 1.63. The van der Waals surface area contributed by atoms with Crippen molar-refractivity contribution in [1.29, 1.82) is 0 Å². The zero-order chi connectivity index (χ0) is 15.0. The molecular formula is C13H22N4O3. The van der Waals surface area contributed by atoms with Crippen LogP contribution in [0.1, 0.15) is 20.3 Å². The average Bonchev–Trinajstić information content (AvgIpc) is 2.43. The third kappa shape index (κ3) is 5.00. The minimum atomic E-state index is -0.431. The summed E-state index contributed by atoms with van der Waals surface area (Å²) in [4.78, 5) is 14.8. The van der Waals surface area contributed by atoms with Crippen molar-refractivity contribution >= 4 is 17.3 Å². The SMILES string of the molecule is CCCNc1ccc([N+](=O)[O-])c(NCC(C)COC)n1. The first-order valence-corrected chi connectivity index (χ1v) is 6.70. The molecule has 0 aliphatic rings. The Morgan fingerprint density at radius 2 is 2.20 bits per heavy atom. The topological polar surface area (TPSA) is 89.3 Å². The van der Waals surface area contributed by atoms with Crippen LogP contribution in [-0.2, 0) is 4.74 Å². The van der Waals surface area contributed by atoms with E-state index in [0.29, 0.717) is 24.8 Å². The number of hydrogen-bond acceptors (Lipinski definition) is 6. The van der Waals surface area contributed by atoms with Gasteiger partial charge in [0.15, 0.2) is 0 Å². The van der Waals surface area contributed by atoms with Gasteiger partial charge in [-0.1, -0.05) is 13.8 Å². The lowest BCUT2D eigenvalue weighted by molar-refractivity contribution is -0.384. The third-order valence-corrected chi connectivity index (χ3v) is 2.70. The number of pyridine rings is 1. The van der Waals surface area contributed by atoms with Gasteiger partial charge in [-0.2, -0.15) is 0 Å². The maximum Gasteiger partial charge on any atom is 0.311 e. The van der Waals surface area contributed by atoms with E-state index >= 15 is 0 Å². The van der Waals surface area contributed by atoms with Gasteiger partial charge in [0.2, 0.25) is 5.82 Å². The fraction of sp³-hybridized carbons (Fsp3) is 0.615. The van der Waals surface area contributed by atoms with E-state index in [0.717, 1.165) is 13.0 Å². The summed E-state index contributed by atoms with van der Waals surface area (Å²) in [5, 5.41) is 17.1. The molecule has 1 unspecified atom stereocenters. The molecule has 2 N–H and O–H groups in total. The van der Waals surface area contributed by atoms with Crippen LogP contribution in [0.5, 0.6) is 0 Å². The van der Waals surface area contributed by atoms with Crippen LogP contribution in [0.25, 0.3) is 0 Å². The summed E-state index contributed by atoms with van der Waals surface area (Å²) in [6.07, 6.45) is 0.965. The van der Waals surface area contributed by atoms with Crippen molar-refractivity contribution in [2.45, 2.75) is 20.3 Å². The van der Waals surface area contributed by atoms with Crippen LogP contribution in [0, 0.1) is 16.0 Å². The molecule has 0 spiro atoms. The number of aromatic nitrogens is 1. The van der Waals surface area contributed by atoms with E-state index in [1.165, 1.54) is 6.07 Å². The largest absolute Gasteiger partial charge is 0.384 e. The van der Waals surface area contributed by atoms with E-state index < -0.39 is 4.92 Å². The van der Waals surface area contributed by atoms with Gasteiger partial charge in [-0.3, -0.25) is 10.1 Å². The molecule has 0 aromatic carbocycles. The number of hydrogen-bond donors (Lipinski definition) is 2. The van der Waals surface area contributed by atoms with Gasteiger partial charge < -0.3 is 15.4 Å². The molecule has 0 aliphatic heterocycles. The molecule has 112 valence electrons. The molecule has 0 aliphatic carbocycles. The number of nitro groups is 1. The Bertz CT molecular complexity index is 440. The second-order valence-corrected chi connectivity index (χ2v) is 4.69. The minimum absolute atomic E-state index is 0.0170. The number of nitrogens with one attached hydrogen (secondary N) is 2. The standard InChI is InChI=1S/C13H22N4O3/c1-4-7-14-12-6-5-11(17(18)19)13(16-12)15-8-10(2)9-20-3/h5-6,10H,4,7-9H2,1-3H3,(H2,14,15,16). The molecular weight excluding hydrogens is 260 g/mol. The van der Waals surface area contributed by atoms with Crippen LogP contribution < -0.4 is 10.6 Å². The molecule has 1 heterocycles. The lowest BCUT2D eigenvalue weighted by atomic mass is 10.2. The number of ether oxygens (including phenoxy) is 1. The molecule has 1 aromatic rings. The Balaban J connectivity index is 2.80. The summed E-state index contributed by atoms with van der Waals surface area (Å²) in [5.41, 5.74) is -0.0170. The van der Waals surface area contributed by atoms with Gasteiger partial charge in [-0.05, 0) is 18.4 Å². The second kappa shape index (κ2) is 8.31. The van der Waals surface area contributed by atoms with Crippen LogP contribution in [0.4, 0.5) is 17.3 Å². The summed E-state index contributed by atoms with van der Waals surface area (Å²) < 4.78 is 5.04. The van der Waals surface area contributed by atoms with Crippen molar-refractivity contribution in [3.05, 3.63) is 22.2 Å². The first-order valence-electron chi connectivity index (χ1n) is 6.70. The summed E-state index contributed by atoms with van der Waals surface area (Å²) >= 11 is 0. The lowest BCUT2D eigenvalue weighted by Crippen LogP contribution is -2.17. The number of methoxy groups -OCH3 is 1. The van der Waals surface area contributed by atoms with Crippen molar-refractivity contribution in [2.75, 3.05) is 37.4 Å². The van der Waals surface area contributed by atoms with E-state index in [9.17, 15) is 10.1 Å². The van der Waals surface area contributed by atoms with Gasteiger partial charge in [-0.15, -0.1) is 0 Å². The predicted molar refractivity (Wildman–Crippen MR) is 79.2 cm³/mol. The van der Waals surface area contributed by atoms with Crippen LogP contribution in [0.15, 0.2) is 12.1 Å². The summed E-state index contributed by atoms with van der Waals surface area (Å²) in [6, 6.07) is 3.09. The van der Waals surface area contributed by atoms with E-state index in [2.05, 4.69) is 15.6 Å². The highest BCUT2D eigenvalue weighted by atomic mass is 16.6. The smallest absolute Gasteiger partial charge is 0.311 e. The quantitative estimate of drug-likeness (QED) is 0.534. The van der Waals surface area contributed by atoms with Crippen molar-refractivity contribution in [3.63, 3.8) is 0 Å². The maximum absolute atomic E-state index is 11.0. The molecule has 20 heavy (non-hydrogen) atoms. The molecule has 0 radical (unpaired) electrons. The number of anilines is 2. The Morgan fingerprint density at radius 3 is 2.80 bits per heavy atom. The molecule has 0 amide bonds. The van der Waals surface area contributed by atoms with Gasteiger partial charge in [0.05, 0.1) is 11.5 Å². The molecule has 1 atom stereocenters. The van der Waals surface area contributed by atoms with Gasteiger partial charge in [0, 0.05) is 26.3 Å². The number of nitrogens with zero attached hydrogens (tertiary/aromatic N) is 2. The van der Waals surface area contributed by atoms with Crippen LogP contribution in [-0.4, -0.2) is 36.7 Å². The predicted octanol–water partition coefficient (Wildman–Crippen LogP) is 2.51. The van der Waals surface area contributed by atoms with Gasteiger partial charge in [-0.25, -0.2) is 4.98 Å². The highest BCUT2D eigenvalue weighted by molar-refractivity contribution is 5.60. The van der Waals surface area contributed by atoms with E-state index in [1.54, 1.807) is 13.2 Å². The van der Waals surface area contributed by atoms with Gasteiger partial charge in [0.25, 0.3) is 0 Å². The van der Waals surface area contributed by atoms with Crippen molar-refractivity contribution in [1.82, 2.24) is 4.98 Å². The Hall–Kier alpha value is -1.89. The Morgan fingerprint density at radius 1 is 1.45 bits per heavy atom. The fourth-order valence-electron chi connectivity index (χ4n) is 1.70. The number of rotatable bonds is 9. The van der Waals surface area contributed by atoms with Gasteiger partial charge >= 0.3 is 5.69 Å². The van der Waals surface area contributed by atoms with E-state index in [-0.39, 0.29) is 11.6 Å². The first kappa shape index (κ1) is 16.2. The fourth-order valence-corrected chi connectivity index (χ4v) is 1.70. The molecule has 0 bridgehead atoms. The normalized spacial score (nSPS) is 11.9.